The number of phenolic OH excluding ortho intramolecular Hbond substituents is 1. The van der Waals surface area contributed by atoms with Gasteiger partial charge in [0.25, 0.3) is 10.0 Å². The summed E-state index contributed by atoms with van der Waals surface area (Å²) in [6.07, 6.45) is -4.17. The van der Waals surface area contributed by atoms with Crippen molar-refractivity contribution in [2.24, 2.45) is 0 Å². The molecule has 34 heavy (non-hydrogen) atoms. The first kappa shape index (κ1) is 23.9. The van der Waals surface area contributed by atoms with Gasteiger partial charge in [0.05, 0.1) is 21.3 Å². The molecule has 0 amide bonds. The van der Waals surface area contributed by atoms with Crippen LogP contribution in [0.1, 0.15) is 28.2 Å². The lowest BCUT2D eigenvalue weighted by Gasteiger charge is -2.17. The quantitative estimate of drug-likeness (QED) is 0.319. The van der Waals surface area contributed by atoms with Crippen molar-refractivity contribution in [1.82, 2.24) is 9.78 Å². The zero-order valence-corrected chi connectivity index (χ0v) is 18.8. The maximum atomic E-state index is 13.6. The molecule has 0 atom stereocenters. The molecule has 1 aliphatic heterocycles. The molecule has 1 aliphatic rings. The summed E-state index contributed by atoms with van der Waals surface area (Å²) in [5, 5.41) is 13.8. The molecule has 0 fully saturated rings. The van der Waals surface area contributed by atoms with Crippen molar-refractivity contribution in [1.29, 1.82) is 0 Å². The van der Waals surface area contributed by atoms with E-state index in [4.69, 9.17) is 4.74 Å². The van der Waals surface area contributed by atoms with Crippen molar-refractivity contribution in [3.63, 3.8) is 0 Å². The molecule has 0 radical (unpaired) electrons. The Hall–Kier alpha value is -3.20. The fourth-order valence-electron chi connectivity index (χ4n) is 3.23. The average Bonchev–Trinajstić information content (AvgIpc) is 3.16. The van der Waals surface area contributed by atoms with Crippen LogP contribution in [0.2, 0.25) is 0 Å². The van der Waals surface area contributed by atoms with Crippen LogP contribution in [-0.2, 0) is 27.5 Å². The van der Waals surface area contributed by atoms with Crippen LogP contribution in [0.25, 0.3) is 11.1 Å². The number of esters is 1. The Morgan fingerprint density at radius 3 is 2.53 bits per heavy atom. The number of rotatable bonds is 1. The zero-order valence-electron chi connectivity index (χ0n) is 16.4. The third-order valence-electron chi connectivity index (χ3n) is 4.78. The molecule has 3 aromatic rings. The number of halogens is 6. The van der Waals surface area contributed by atoms with Gasteiger partial charge in [-0.2, -0.15) is 27.1 Å². The Morgan fingerprint density at radius 2 is 1.88 bits per heavy atom. The molecular formula is C19H11BrF5N3O5S. The van der Waals surface area contributed by atoms with E-state index in [1.807, 2.05) is 0 Å². The molecule has 2 aromatic carbocycles. The van der Waals surface area contributed by atoms with Gasteiger partial charge in [-0.1, -0.05) is 6.07 Å². The van der Waals surface area contributed by atoms with Crippen LogP contribution in [0.15, 0.2) is 45.9 Å². The SMILES string of the molecule is O=C1OCc2nn(C(F)F)cc2-c2ccc(C(F)(F)F)c(c2)NS(=O)(=O)c2cc1cc(Br)c2O. The molecule has 0 unspecified atom stereocenters. The van der Waals surface area contributed by atoms with Gasteiger partial charge in [-0.05, 0) is 45.8 Å². The second-order valence-corrected chi connectivity index (χ2v) is 9.50. The summed E-state index contributed by atoms with van der Waals surface area (Å²) < 4.78 is 100.0. The summed E-state index contributed by atoms with van der Waals surface area (Å²) >= 11 is 2.88. The van der Waals surface area contributed by atoms with Gasteiger partial charge in [0.1, 0.15) is 22.9 Å². The maximum Gasteiger partial charge on any atom is 0.418 e. The minimum atomic E-state index is -5.00. The molecular weight excluding hydrogens is 557 g/mol. The number of aromatic nitrogens is 2. The van der Waals surface area contributed by atoms with Crippen molar-refractivity contribution >= 4 is 37.6 Å². The second-order valence-electron chi connectivity index (χ2n) is 6.99. The first-order chi connectivity index (χ1) is 15.8. The van der Waals surface area contributed by atoms with Crippen LogP contribution >= 0.6 is 15.9 Å². The van der Waals surface area contributed by atoms with Crippen molar-refractivity contribution in [3.8, 4) is 16.9 Å². The number of fused-ring (bicyclic) bond motifs is 6. The number of alkyl halides is 5. The van der Waals surface area contributed by atoms with E-state index in [1.54, 1.807) is 4.72 Å². The molecule has 15 heteroatoms. The largest absolute Gasteiger partial charge is 0.505 e. The Labute approximate surface area is 196 Å². The highest BCUT2D eigenvalue weighted by atomic mass is 79.9. The molecule has 0 spiro atoms. The van der Waals surface area contributed by atoms with Crippen LogP contribution < -0.4 is 4.72 Å². The molecule has 4 rings (SSSR count). The van der Waals surface area contributed by atoms with Gasteiger partial charge < -0.3 is 9.84 Å². The third kappa shape index (κ3) is 4.32. The van der Waals surface area contributed by atoms with Crippen LogP contribution in [0.3, 0.4) is 0 Å². The van der Waals surface area contributed by atoms with E-state index in [1.165, 1.54) is 0 Å². The fourth-order valence-corrected chi connectivity index (χ4v) is 5.04. The van der Waals surface area contributed by atoms with Crippen molar-refractivity contribution in [2.45, 2.75) is 24.2 Å². The number of cyclic esters (lactones) is 1. The number of aromatic hydroxyl groups is 1. The number of hydrogen-bond donors (Lipinski definition) is 2. The topological polar surface area (TPSA) is 111 Å². The van der Waals surface area contributed by atoms with Gasteiger partial charge in [0, 0.05) is 11.8 Å². The molecule has 0 saturated heterocycles. The second kappa shape index (κ2) is 8.23. The van der Waals surface area contributed by atoms with Gasteiger partial charge in [-0.15, -0.1) is 0 Å². The van der Waals surface area contributed by atoms with Crippen molar-refractivity contribution in [2.75, 3.05) is 4.72 Å². The lowest BCUT2D eigenvalue weighted by Crippen LogP contribution is -2.18. The maximum absolute atomic E-state index is 13.6. The van der Waals surface area contributed by atoms with Gasteiger partial charge >= 0.3 is 18.7 Å². The van der Waals surface area contributed by atoms with E-state index in [0.717, 1.165) is 24.4 Å². The van der Waals surface area contributed by atoms with Gasteiger partial charge in [-0.25, -0.2) is 17.9 Å². The fraction of sp³-hybridized carbons (Fsp3) is 0.158. The highest BCUT2D eigenvalue weighted by Crippen LogP contribution is 2.41. The summed E-state index contributed by atoms with van der Waals surface area (Å²) in [4.78, 5) is 11.6. The van der Waals surface area contributed by atoms with Gasteiger partial charge in [-0.3, -0.25) is 4.72 Å². The minimum absolute atomic E-state index is 0.111. The number of nitrogens with zero attached hydrogens (tertiary/aromatic N) is 2. The van der Waals surface area contributed by atoms with E-state index in [-0.39, 0.29) is 31.5 Å². The number of benzene rings is 2. The van der Waals surface area contributed by atoms with E-state index in [9.17, 15) is 40.3 Å². The van der Waals surface area contributed by atoms with Crippen LogP contribution in [-0.4, -0.2) is 29.3 Å². The molecule has 0 saturated carbocycles. The Balaban J connectivity index is 2.02. The van der Waals surface area contributed by atoms with Crippen LogP contribution in [0.5, 0.6) is 5.75 Å². The number of sulfonamides is 1. The Morgan fingerprint density at radius 1 is 1.18 bits per heavy atom. The summed E-state index contributed by atoms with van der Waals surface area (Å²) in [6.45, 7) is -3.76. The summed E-state index contributed by atoms with van der Waals surface area (Å²) in [6, 6.07) is 4.02. The predicted molar refractivity (Wildman–Crippen MR) is 110 cm³/mol. The molecule has 180 valence electrons. The summed E-state index contributed by atoms with van der Waals surface area (Å²) in [5.41, 5.74) is -3.13. The normalized spacial score (nSPS) is 15.4. The van der Waals surface area contributed by atoms with Gasteiger partial charge in [0.15, 0.2) is 0 Å². The number of carbonyl (C=O) groups is 1. The number of hydrogen-bond acceptors (Lipinski definition) is 6. The first-order valence-electron chi connectivity index (χ1n) is 9.08. The number of carbonyl (C=O) groups excluding carboxylic acids is 1. The molecule has 4 bridgehead atoms. The predicted octanol–water partition coefficient (Wildman–Crippen LogP) is 4.90. The van der Waals surface area contributed by atoms with Crippen LogP contribution in [0, 0.1) is 0 Å². The average molecular weight is 568 g/mol. The molecule has 0 aliphatic carbocycles. The summed E-state index contributed by atoms with van der Waals surface area (Å²) in [5.74, 6) is -1.96. The minimum Gasteiger partial charge on any atom is -0.505 e. The highest BCUT2D eigenvalue weighted by Gasteiger charge is 2.36. The molecule has 2 heterocycles. The zero-order chi connectivity index (χ0) is 25.0. The van der Waals surface area contributed by atoms with E-state index >= 15 is 0 Å². The number of anilines is 1. The van der Waals surface area contributed by atoms with E-state index in [0.29, 0.717) is 12.1 Å². The van der Waals surface area contributed by atoms with Crippen LogP contribution in [0.4, 0.5) is 27.6 Å². The Kier molecular flexibility index (Phi) is 5.80. The first-order valence-corrected chi connectivity index (χ1v) is 11.4. The molecule has 1 aromatic heterocycles. The number of phenols is 1. The Bertz CT molecular complexity index is 1420. The smallest absolute Gasteiger partial charge is 0.418 e. The molecule has 8 nitrogen and oxygen atoms in total. The lowest BCUT2D eigenvalue weighted by atomic mass is 10.0. The van der Waals surface area contributed by atoms with Crippen molar-refractivity contribution in [3.05, 3.63) is 57.8 Å². The monoisotopic (exact) mass is 567 g/mol. The summed E-state index contributed by atoms with van der Waals surface area (Å²) in [7, 11) is -4.88. The van der Waals surface area contributed by atoms with E-state index in [2.05, 4.69) is 21.0 Å². The van der Waals surface area contributed by atoms with E-state index < -0.39 is 57.2 Å². The number of ether oxygens (including phenoxy) is 1. The molecule has 2 N–H and O–H groups in total. The lowest BCUT2D eigenvalue weighted by molar-refractivity contribution is -0.136. The number of nitrogens with one attached hydrogen (secondary N) is 1. The standard InChI is InChI=1S/C19H11BrF5N3O5S/c20-12-3-9-5-15(16(12)29)34(31,32)27-13-4-8(1-2-11(13)19(23,24)25)10-6-28(18(21)22)26-14(10)7-33-17(9)30/h1-6,18,27,29H,7H2. The highest BCUT2D eigenvalue weighted by molar-refractivity contribution is 9.10. The third-order valence-corrected chi connectivity index (χ3v) is 6.77. The van der Waals surface area contributed by atoms with Gasteiger partial charge in [0.2, 0.25) is 0 Å². The van der Waals surface area contributed by atoms with Crippen molar-refractivity contribution < 1.29 is 45.0 Å².